The monoisotopic (exact) mass is 514 g/mol. The summed E-state index contributed by atoms with van der Waals surface area (Å²) in [6.45, 7) is 1.72. The lowest BCUT2D eigenvalue weighted by Gasteiger charge is -2.30. The number of methoxy groups -OCH3 is 1. The highest BCUT2D eigenvalue weighted by Gasteiger charge is 2.36. The Morgan fingerprint density at radius 3 is 2.61 bits per heavy atom. The summed E-state index contributed by atoms with van der Waals surface area (Å²) in [6.07, 6.45) is 5.50. The van der Waals surface area contributed by atoms with E-state index in [1.807, 2.05) is 37.3 Å². The van der Waals surface area contributed by atoms with Crippen LogP contribution in [0.25, 0.3) is 11.4 Å². The first kappa shape index (κ1) is 25.2. The van der Waals surface area contributed by atoms with Crippen molar-refractivity contribution >= 4 is 17.5 Å². The number of anilines is 1. The number of benzene rings is 2. The van der Waals surface area contributed by atoms with Crippen LogP contribution in [-0.4, -0.2) is 45.2 Å². The number of aryl methyl sites for hydroxylation is 1. The molecular weight excluding hydrogens is 484 g/mol. The summed E-state index contributed by atoms with van der Waals surface area (Å²) in [4.78, 5) is 30.3. The van der Waals surface area contributed by atoms with E-state index in [1.54, 1.807) is 37.4 Å². The molecule has 2 heterocycles. The molecule has 10 heteroatoms. The van der Waals surface area contributed by atoms with Crippen molar-refractivity contribution in [2.45, 2.75) is 51.2 Å². The van der Waals surface area contributed by atoms with Gasteiger partial charge in [-0.1, -0.05) is 25.0 Å². The standard InChI is InChI=1S/C28H30N6O4/c1-19-7-5-10-22(17-19)34(26(24-11-6-16-38-24)28(36)29-21-8-3-4-9-21)25(35)18-33-31-27(30-32-33)20-12-14-23(37-2)15-13-20/h5-7,10-17,21,26H,3-4,8-9,18H2,1-2H3,(H,29,36)/t26-/m1/s1. The lowest BCUT2D eigenvalue weighted by Crippen LogP contribution is -2.47. The van der Waals surface area contributed by atoms with Gasteiger partial charge >= 0.3 is 0 Å². The van der Waals surface area contributed by atoms with Gasteiger partial charge in [0.2, 0.25) is 5.82 Å². The minimum Gasteiger partial charge on any atom is -0.497 e. The number of hydrogen-bond donors (Lipinski definition) is 1. The van der Waals surface area contributed by atoms with E-state index >= 15 is 0 Å². The zero-order valence-electron chi connectivity index (χ0n) is 21.4. The van der Waals surface area contributed by atoms with Crippen molar-refractivity contribution in [1.29, 1.82) is 0 Å². The van der Waals surface area contributed by atoms with Gasteiger partial charge in [-0.2, -0.15) is 4.80 Å². The number of carbonyl (C=O) groups excluding carboxylic acids is 2. The number of nitrogens with one attached hydrogen (secondary N) is 1. The largest absolute Gasteiger partial charge is 0.497 e. The van der Waals surface area contributed by atoms with Crippen molar-refractivity contribution in [3.05, 3.63) is 78.3 Å². The highest BCUT2D eigenvalue weighted by Crippen LogP contribution is 2.30. The summed E-state index contributed by atoms with van der Waals surface area (Å²) in [5, 5.41) is 15.7. The third-order valence-corrected chi connectivity index (χ3v) is 6.65. The second-order valence-corrected chi connectivity index (χ2v) is 9.38. The van der Waals surface area contributed by atoms with E-state index in [1.165, 1.54) is 16.0 Å². The molecule has 1 aliphatic carbocycles. The van der Waals surface area contributed by atoms with Crippen LogP contribution in [0.1, 0.15) is 43.0 Å². The van der Waals surface area contributed by atoms with Crippen molar-refractivity contribution in [2.24, 2.45) is 0 Å². The fourth-order valence-corrected chi connectivity index (χ4v) is 4.75. The zero-order valence-corrected chi connectivity index (χ0v) is 21.4. The normalized spacial score (nSPS) is 14.3. The van der Waals surface area contributed by atoms with Crippen LogP contribution in [0.5, 0.6) is 5.75 Å². The zero-order chi connectivity index (χ0) is 26.5. The molecule has 1 aliphatic rings. The minimum absolute atomic E-state index is 0.0819. The fraction of sp³-hybridized carbons (Fsp3) is 0.321. The van der Waals surface area contributed by atoms with Gasteiger partial charge in [0.25, 0.3) is 11.8 Å². The predicted molar refractivity (Wildman–Crippen MR) is 140 cm³/mol. The van der Waals surface area contributed by atoms with E-state index in [2.05, 4.69) is 20.7 Å². The van der Waals surface area contributed by atoms with Gasteiger partial charge in [0.15, 0.2) is 6.04 Å². The number of nitrogens with zero attached hydrogens (tertiary/aromatic N) is 5. The Labute approximate surface area is 220 Å². The molecule has 0 radical (unpaired) electrons. The number of amides is 2. The van der Waals surface area contributed by atoms with Crippen LogP contribution in [0.4, 0.5) is 5.69 Å². The first-order valence-electron chi connectivity index (χ1n) is 12.7. The van der Waals surface area contributed by atoms with Gasteiger partial charge in [-0.15, -0.1) is 10.2 Å². The molecule has 0 aliphatic heterocycles. The highest BCUT2D eigenvalue weighted by molar-refractivity contribution is 6.01. The van der Waals surface area contributed by atoms with Gasteiger partial charge in [0.05, 0.1) is 13.4 Å². The molecule has 0 spiro atoms. The number of tetrazole rings is 1. The lowest BCUT2D eigenvalue weighted by atomic mass is 10.1. The van der Waals surface area contributed by atoms with E-state index in [0.29, 0.717) is 23.0 Å². The molecule has 4 aromatic rings. The molecule has 2 aromatic heterocycles. The number of carbonyl (C=O) groups is 2. The molecule has 0 saturated heterocycles. The molecule has 2 amide bonds. The van der Waals surface area contributed by atoms with Gasteiger partial charge in [-0.3, -0.25) is 14.5 Å². The van der Waals surface area contributed by atoms with E-state index in [-0.39, 0.29) is 24.4 Å². The maximum atomic E-state index is 13.9. The van der Waals surface area contributed by atoms with Crippen molar-refractivity contribution in [2.75, 3.05) is 12.0 Å². The summed E-state index contributed by atoms with van der Waals surface area (Å²) in [6, 6.07) is 17.2. The minimum atomic E-state index is -0.996. The van der Waals surface area contributed by atoms with Crippen LogP contribution >= 0.6 is 0 Å². The smallest absolute Gasteiger partial charge is 0.251 e. The van der Waals surface area contributed by atoms with Crippen LogP contribution in [0.2, 0.25) is 0 Å². The van der Waals surface area contributed by atoms with E-state index in [4.69, 9.17) is 9.15 Å². The molecule has 5 rings (SSSR count). The van der Waals surface area contributed by atoms with Crippen LogP contribution in [0, 0.1) is 6.92 Å². The van der Waals surface area contributed by atoms with E-state index in [9.17, 15) is 9.59 Å². The first-order chi connectivity index (χ1) is 18.5. The maximum absolute atomic E-state index is 13.9. The van der Waals surface area contributed by atoms with Crippen LogP contribution in [0.3, 0.4) is 0 Å². The first-order valence-corrected chi connectivity index (χ1v) is 12.7. The SMILES string of the molecule is COc1ccc(-c2nnn(CC(=O)N(c3cccc(C)c3)[C@@H](C(=O)NC3CCCC3)c3ccco3)n2)cc1. The average molecular weight is 515 g/mol. The number of aromatic nitrogens is 4. The topological polar surface area (TPSA) is 115 Å². The molecule has 196 valence electrons. The van der Waals surface area contributed by atoms with Crippen LogP contribution < -0.4 is 15.0 Å². The Morgan fingerprint density at radius 1 is 1.13 bits per heavy atom. The molecule has 1 atom stereocenters. The number of ether oxygens (including phenoxy) is 1. The second kappa shape index (κ2) is 11.3. The summed E-state index contributed by atoms with van der Waals surface area (Å²) in [7, 11) is 1.60. The van der Waals surface area contributed by atoms with Gasteiger partial charge in [-0.05, 0) is 79.1 Å². The quantitative estimate of drug-likeness (QED) is 0.358. The molecule has 1 saturated carbocycles. The van der Waals surface area contributed by atoms with Crippen LogP contribution in [0.15, 0.2) is 71.3 Å². The Kier molecular flexibility index (Phi) is 7.48. The van der Waals surface area contributed by atoms with Crippen molar-refractivity contribution in [3.63, 3.8) is 0 Å². The Hall–Kier alpha value is -4.47. The summed E-state index contributed by atoms with van der Waals surface area (Å²) in [5.41, 5.74) is 2.27. The van der Waals surface area contributed by atoms with Gasteiger partial charge in [-0.25, -0.2) is 0 Å². The molecule has 0 unspecified atom stereocenters. The lowest BCUT2D eigenvalue weighted by molar-refractivity contribution is -0.128. The van der Waals surface area contributed by atoms with Gasteiger partial charge in [0.1, 0.15) is 18.1 Å². The third-order valence-electron chi connectivity index (χ3n) is 6.65. The van der Waals surface area contributed by atoms with E-state index < -0.39 is 6.04 Å². The van der Waals surface area contributed by atoms with Gasteiger partial charge in [0, 0.05) is 17.3 Å². The summed E-state index contributed by atoms with van der Waals surface area (Å²) >= 11 is 0. The fourth-order valence-electron chi connectivity index (χ4n) is 4.75. The average Bonchev–Trinajstić information content (AvgIpc) is 3.71. The van der Waals surface area contributed by atoms with Crippen molar-refractivity contribution < 1.29 is 18.7 Å². The molecule has 2 aromatic carbocycles. The van der Waals surface area contributed by atoms with Crippen molar-refractivity contribution in [1.82, 2.24) is 25.5 Å². The third kappa shape index (κ3) is 5.59. The number of furan rings is 1. The Balaban J connectivity index is 1.45. The molecule has 0 bridgehead atoms. The molecule has 10 nitrogen and oxygen atoms in total. The molecule has 1 fully saturated rings. The number of hydrogen-bond acceptors (Lipinski definition) is 7. The summed E-state index contributed by atoms with van der Waals surface area (Å²) < 4.78 is 10.9. The highest BCUT2D eigenvalue weighted by atomic mass is 16.5. The Bertz CT molecular complexity index is 1380. The second-order valence-electron chi connectivity index (χ2n) is 9.38. The molecular formula is C28H30N6O4. The van der Waals surface area contributed by atoms with Gasteiger partial charge < -0.3 is 14.5 Å². The van der Waals surface area contributed by atoms with Crippen LogP contribution in [-0.2, 0) is 16.1 Å². The van der Waals surface area contributed by atoms with Crippen molar-refractivity contribution in [3.8, 4) is 17.1 Å². The van der Waals surface area contributed by atoms with E-state index in [0.717, 1.165) is 36.8 Å². The molecule has 1 N–H and O–H groups in total. The maximum Gasteiger partial charge on any atom is 0.251 e. The number of rotatable bonds is 9. The Morgan fingerprint density at radius 2 is 1.92 bits per heavy atom. The molecule has 38 heavy (non-hydrogen) atoms. The summed E-state index contributed by atoms with van der Waals surface area (Å²) in [5.74, 6) is 0.805. The predicted octanol–water partition coefficient (Wildman–Crippen LogP) is 4.08.